The van der Waals surface area contributed by atoms with Gasteiger partial charge in [0.1, 0.15) is 17.6 Å². The van der Waals surface area contributed by atoms with Crippen LogP contribution in [0.3, 0.4) is 0 Å². The van der Waals surface area contributed by atoms with Crippen molar-refractivity contribution in [3.8, 4) is 0 Å². The van der Waals surface area contributed by atoms with Crippen molar-refractivity contribution in [3.63, 3.8) is 0 Å². The van der Waals surface area contributed by atoms with Crippen LogP contribution in [0.4, 0.5) is 19.7 Å². The Morgan fingerprint density at radius 2 is 1.70 bits per heavy atom. The molecule has 1 saturated heterocycles. The van der Waals surface area contributed by atoms with E-state index >= 15 is 4.39 Å². The standard InChI is InChI=1S/C33H48FN9O4/c1-4-42-28(15-16-35-42)30(44)39-43(25-9-7-5-6-8-10-25)33(47)37-27-14-11-23(21-26(27)34)22(2)29(38-32(46)36-24-12-13-24)31(45)41-19-17-40(3)18-20-41/h11,14-16,21-22,24-25,29H,4-10,12-13,17-20H2,1-3H3,(H,37,47)(H,39,44)(H2,36,38,46)/t22-,29+/m0/s1. The highest BCUT2D eigenvalue weighted by molar-refractivity contribution is 5.96. The summed E-state index contributed by atoms with van der Waals surface area (Å²) in [5.74, 6) is -1.93. The smallest absolute Gasteiger partial charge is 0.338 e. The molecule has 2 atom stereocenters. The lowest BCUT2D eigenvalue weighted by Crippen LogP contribution is -2.57. The summed E-state index contributed by atoms with van der Waals surface area (Å²) in [6, 6.07) is 3.88. The number of aryl methyl sites for hydroxylation is 1. The van der Waals surface area contributed by atoms with Crippen LogP contribution in [0.1, 0.15) is 87.2 Å². The van der Waals surface area contributed by atoms with Gasteiger partial charge in [-0.15, -0.1) is 0 Å². The van der Waals surface area contributed by atoms with Crippen molar-refractivity contribution >= 4 is 29.6 Å². The summed E-state index contributed by atoms with van der Waals surface area (Å²) in [6.07, 6.45) is 8.70. The third-order valence-electron chi connectivity index (χ3n) is 9.42. The normalized spacial score (nSPS) is 18.9. The number of carbonyl (C=O) groups excluding carboxylic acids is 4. The van der Waals surface area contributed by atoms with Crippen LogP contribution < -0.4 is 21.4 Å². The van der Waals surface area contributed by atoms with Crippen LogP contribution in [0.15, 0.2) is 30.5 Å². The van der Waals surface area contributed by atoms with Gasteiger partial charge in [-0.05, 0) is 63.4 Å². The Balaban J connectivity index is 1.32. The fraction of sp³-hybridized carbons (Fsp3) is 0.606. The van der Waals surface area contributed by atoms with E-state index in [1.807, 2.05) is 14.0 Å². The van der Waals surface area contributed by atoms with E-state index < -0.39 is 35.7 Å². The molecule has 2 aliphatic carbocycles. The zero-order chi connectivity index (χ0) is 33.5. The molecule has 2 aromatic rings. The van der Waals surface area contributed by atoms with Crippen molar-refractivity contribution < 1.29 is 23.6 Å². The van der Waals surface area contributed by atoms with Gasteiger partial charge in [0.05, 0.1) is 11.7 Å². The highest BCUT2D eigenvalue weighted by atomic mass is 19.1. The Hall–Kier alpha value is -4.20. The van der Waals surface area contributed by atoms with Gasteiger partial charge in [-0.25, -0.2) is 19.0 Å². The van der Waals surface area contributed by atoms with E-state index in [0.717, 1.165) is 51.6 Å². The fourth-order valence-electron chi connectivity index (χ4n) is 6.27. The predicted molar refractivity (Wildman–Crippen MR) is 175 cm³/mol. The number of benzene rings is 1. The highest BCUT2D eigenvalue weighted by Gasteiger charge is 2.35. The molecule has 1 aromatic carbocycles. The van der Waals surface area contributed by atoms with E-state index in [-0.39, 0.29) is 23.7 Å². The molecule has 13 nitrogen and oxygen atoms in total. The van der Waals surface area contributed by atoms with Gasteiger partial charge < -0.3 is 25.8 Å². The molecular formula is C33H48FN9O4. The minimum absolute atomic E-state index is 0.0567. The van der Waals surface area contributed by atoms with Crippen LogP contribution in [0.5, 0.6) is 0 Å². The second-order valence-electron chi connectivity index (χ2n) is 12.9. The summed E-state index contributed by atoms with van der Waals surface area (Å²) in [5, 5.41) is 13.8. The Labute approximate surface area is 275 Å². The molecular weight excluding hydrogens is 605 g/mol. The van der Waals surface area contributed by atoms with Gasteiger partial charge in [0.15, 0.2) is 0 Å². The molecule has 1 aromatic heterocycles. The first-order chi connectivity index (χ1) is 22.6. The average molecular weight is 654 g/mol. The summed E-state index contributed by atoms with van der Waals surface area (Å²) in [4.78, 5) is 57.2. The van der Waals surface area contributed by atoms with Gasteiger partial charge in [0, 0.05) is 50.9 Å². The lowest BCUT2D eigenvalue weighted by Gasteiger charge is -2.36. The Kier molecular flexibility index (Phi) is 11.3. The van der Waals surface area contributed by atoms with Crippen LogP contribution in [-0.2, 0) is 11.3 Å². The minimum atomic E-state index is -0.908. The Morgan fingerprint density at radius 3 is 2.34 bits per heavy atom. The minimum Gasteiger partial charge on any atom is -0.338 e. The molecule has 0 spiro atoms. The van der Waals surface area contributed by atoms with E-state index in [0.29, 0.717) is 43.7 Å². The topological polar surface area (TPSA) is 144 Å². The average Bonchev–Trinajstić information content (AvgIpc) is 3.81. The maximum absolute atomic E-state index is 15.7. The molecule has 0 unspecified atom stereocenters. The van der Waals surface area contributed by atoms with Crippen LogP contribution in [0, 0.1) is 5.82 Å². The quantitative estimate of drug-likeness (QED) is 0.240. The van der Waals surface area contributed by atoms with Crippen molar-refractivity contribution in [1.82, 2.24) is 40.6 Å². The molecule has 6 amide bonds. The summed E-state index contributed by atoms with van der Waals surface area (Å²) in [7, 11) is 2.00. The zero-order valence-electron chi connectivity index (χ0n) is 27.6. The van der Waals surface area contributed by atoms with Crippen molar-refractivity contribution in [2.45, 2.75) is 95.8 Å². The summed E-state index contributed by atoms with van der Waals surface area (Å²) >= 11 is 0. The maximum atomic E-state index is 15.7. The number of hydrogen-bond donors (Lipinski definition) is 4. The number of likely N-dealkylation sites (N-methyl/N-ethyl adjacent to an activating group) is 1. The molecule has 2 saturated carbocycles. The molecule has 1 aliphatic heterocycles. The third kappa shape index (κ3) is 8.79. The number of hydrogen-bond acceptors (Lipinski definition) is 6. The first-order valence-electron chi connectivity index (χ1n) is 16.9. The van der Waals surface area contributed by atoms with Gasteiger partial charge in [0.25, 0.3) is 5.91 Å². The first kappa shape index (κ1) is 34.1. The van der Waals surface area contributed by atoms with Gasteiger partial charge >= 0.3 is 12.1 Å². The molecule has 14 heteroatoms. The van der Waals surface area contributed by atoms with Crippen molar-refractivity contribution in [1.29, 1.82) is 0 Å². The van der Waals surface area contributed by atoms with Gasteiger partial charge in [-0.2, -0.15) is 5.10 Å². The van der Waals surface area contributed by atoms with Crippen LogP contribution >= 0.6 is 0 Å². The fourth-order valence-corrected chi connectivity index (χ4v) is 6.27. The lowest BCUT2D eigenvalue weighted by atomic mass is 9.91. The van der Waals surface area contributed by atoms with Gasteiger partial charge in [0.2, 0.25) is 5.91 Å². The van der Waals surface area contributed by atoms with E-state index in [4.69, 9.17) is 0 Å². The molecule has 256 valence electrons. The number of hydrazine groups is 1. The molecule has 3 aliphatic rings. The van der Waals surface area contributed by atoms with E-state index in [1.54, 1.807) is 28.6 Å². The monoisotopic (exact) mass is 653 g/mol. The first-order valence-corrected chi connectivity index (χ1v) is 16.9. The number of halogens is 1. The van der Waals surface area contributed by atoms with Crippen LogP contribution in [0.2, 0.25) is 0 Å². The Morgan fingerprint density at radius 1 is 1.00 bits per heavy atom. The molecule has 5 rings (SSSR count). The summed E-state index contributed by atoms with van der Waals surface area (Å²) in [5.41, 5.74) is 3.53. The third-order valence-corrected chi connectivity index (χ3v) is 9.42. The van der Waals surface area contributed by atoms with Gasteiger partial charge in [-0.1, -0.05) is 38.7 Å². The molecule has 0 bridgehead atoms. The molecule has 2 heterocycles. The second kappa shape index (κ2) is 15.6. The van der Waals surface area contributed by atoms with Crippen molar-refractivity contribution in [3.05, 3.63) is 47.5 Å². The number of urea groups is 2. The van der Waals surface area contributed by atoms with Gasteiger partial charge in [-0.3, -0.25) is 19.7 Å². The number of amides is 6. The lowest BCUT2D eigenvalue weighted by molar-refractivity contribution is -0.135. The summed E-state index contributed by atoms with van der Waals surface area (Å²) < 4.78 is 17.2. The number of rotatable bonds is 9. The Bertz CT molecular complexity index is 1410. The van der Waals surface area contributed by atoms with E-state index in [9.17, 15) is 19.2 Å². The predicted octanol–water partition coefficient (Wildman–Crippen LogP) is 3.65. The molecule has 4 N–H and O–H groups in total. The largest absolute Gasteiger partial charge is 0.340 e. The molecule has 47 heavy (non-hydrogen) atoms. The van der Waals surface area contributed by atoms with Crippen molar-refractivity contribution in [2.24, 2.45) is 0 Å². The number of anilines is 1. The van der Waals surface area contributed by atoms with Crippen molar-refractivity contribution in [2.75, 3.05) is 38.5 Å². The number of nitrogens with zero attached hydrogens (tertiary/aromatic N) is 5. The van der Waals surface area contributed by atoms with Crippen LogP contribution in [0.25, 0.3) is 0 Å². The number of carbonyl (C=O) groups is 4. The maximum Gasteiger partial charge on any atom is 0.340 e. The number of piperazine rings is 1. The van der Waals surface area contributed by atoms with E-state index in [2.05, 4.69) is 31.4 Å². The highest BCUT2D eigenvalue weighted by Crippen LogP contribution is 2.27. The zero-order valence-corrected chi connectivity index (χ0v) is 27.6. The summed E-state index contributed by atoms with van der Waals surface area (Å²) in [6.45, 7) is 6.68. The second-order valence-corrected chi connectivity index (χ2v) is 12.9. The molecule has 3 fully saturated rings. The SMILES string of the molecule is CCn1nccc1C(=O)NN(C(=O)Nc1ccc([C@H](C)[C@@H](NC(=O)NC2CC2)C(=O)N2CCN(C)CC2)cc1F)C1CCCCCC1. The van der Waals surface area contributed by atoms with E-state index in [1.165, 1.54) is 23.3 Å². The number of nitrogens with one attached hydrogen (secondary N) is 4. The van der Waals surface area contributed by atoms with Crippen LogP contribution in [-0.4, -0.2) is 99.8 Å². The number of aromatic nitrogens is 2. The molecule has 0 radical (unpaired) electrons.